The molecule has 1 heterocycles. The zero-order chi connectivity index (χ0) is 8.84. The fourth-order valence-corrected chi connectivity index (χ4v) is 2.18. The summed E-state index contributed by atoms with van der Waals surface area (Å²) in [7, 11) is 0. The minimum Gasteiger partial charge on any atom is -0.361 e. The number of hydrogen-bond acceptors (Lipinski definition) is 0. The molecule has 0 radical (unpaired) electrons. The van der Waals surface area contributed by atoms with E-state index in [-0.39, 0.29) is 0 Å². The van der Waals surface area contributed by atoms with Crippen LogP contribution in [0.1, 0.15) is 29.9 Å². The second-order valence-electron chi connectivity index (χ2n) is 4.01. The summed E-state index contributed by atoms with van der Waals surface area (Å²) in [6.07, 6.45) is 4.80. The number of aromatic nitrogens is 1. The van der Waals surface area contributed by atoms with Crippen molar-refractivity contribution in [2.24, 2.45) is 0 Å². The zero-order valence-corrected chi connectivity index (χ0v) is 7.80. The SMILES string of the molecule is Cc1ccc2[nH]ccc2c1C1CC1. The molecule has 0 amide bonds. The summed E-state index contributed by atoms with van der Waals surface area (Å²) in [6.45, 7) is 2.22. The number of rotatable bonds is 1. The van der Waals surface area contributed by atoms with Crippen LogP contribution in [-0.4, -0.2) is 4.98 Å². The lowest BCUT2D eigenvalue weighted by molar-refractivity contribution is 1.12. The van der Waals surface area contributed by atoms with E-state index in [1.807, 2.05) is 6.20 Å². The standard InChI is InChI=1S/C12H13N/c1-8-2-5-11-10(6-7-13-11)12(8)9-3-4-9/h2,5-7,9,13H,3-4H2,1H3. The van der Waals surface area contributed by atoms with Crippen molar-refractivity contribution in [2.75, 3.05) is 0 Å². The molecule has 0 unspecified atom stereocenters. The predicted octanol–water partition coefficient (Wildman–Crippen LogP) is 3.35. The first-order valence-electron chi connectivity index (χ1n) is 4.93. The summed E-state index contributed by atoms with van der Waals surface area (Å²) in [5.41, 5.74) is 4.32. The topological polar surface area (TPSA) is 15.8 Å². The number of H-pyrrole nitrogens is 1. The van der Waals surface area contributed by atoms with E-state index in [0.717, 1.165) is 5.92 Å². The Bertz CT molecular complexity index is 449. The molecule has 0 saturated heterocycles. The highest BCUT2D eigenvalue weighted by atomic mass is 14.7. The van der Waals surface area contributed by atoms with Gasteiger partial charge in [-0.25, -0.2) is 0 Å². The molecule has 0 atom stereocenters. The molecule has 13 heavy (non-hydrogen) atoms. The Labute approximate surface area is 77.8 Å². The maximum absolute atomic E-state index is 3.27. The van der Waals surface area contributed by atoms with Crippen LogP contribution >= 0.6 is 0 Å². The number of hydrogen-bond donors (Lipinski definition) is 1. The van der Waals surface area contributed by atoms with Crippen LogP contribution in [0.4, 0.5) is 0 Å². The van der Waals surface area contributed by atoms with E-state index < -0.39 is 0 Å². The van der Waals surface area contributed by atoms with E-state index in [4.69, 9.17) is 0 Å². The maximum atomic E-state index is 3.27. The van der Waals surface area contributed by atoms with Crippen LogP contribution in [0.15, 0.2) is 24.4 Å². The lowest BCUT2D eigenvalue weighted by Crippen LogP contribution is -1.86. The summed E-state index contributed by atoms with van der Waals surface area (Å²) >= 11 is 0. The average Bonchev–Trinajstić information content (AvgIpc) is 2.82. The first kappa shape index (κ1) is 7.19. The van der Waals surface area contributed by atoms with Gasteiger partial charge in [0.2, 0.25) is 0 Å². The van der Waals surface area contributed by atoms with Crippen LogP contribution in [0, 0.1) is 6.92 Å². The molecule has 3 rings (SSSR count). The second-order valence-corrected chi connectivity index (χ2v) is 4.01. The van der Waals surface area contributed by atoms with Crippen molar-refractivity contribution in [1.82, 2.24) is 4.98 Å². The second kappa shape index (κ2) is 2.38. The number of aryl methyl sites for hydroxylation is 1. The molecule has 1 nitrogen and oxygen atoms in total. The van der Waals surface area contributed by atoms with Crippen molar-refractivity contribution in [1.29, 1.82) is 0 Å². The molecule has 1 heteroatoms. The Kier molecular flexibility index (Phi) is 1.32. The van der Waals surface area contributed by atoms with Gasteiger partial charge in [-0.3, -0.25) is 0 Å². The van der Waals surface area contributed by atoms with Crippen molar-refractivity contribution >= 4 is 10.9 Å². The molecule has 1 N–H and O–H groups in total. The number of fused-ring (bicyclic) bond motifs is 1. The molecular formula is C12H13N. The third-order valence-electron chi connectivity index (χ3n) is 2.98. The lowest BCUT2D eigenvalue weighted by Gasteiger charge is -2.05. The molecule has 66 valence electrons. The molecule has 2 aromatic rings. The van der Waals surface area contributed by atoms with Gasteiger partial charge in [-0.2, -0.15) is 0 Å². The Balaban J connectivity index is 2.36. The summed E-state index contributed by atoms with van der Waals surface area (Å²) in [4.78, 5) is 3.27. The lowest BCUT2D eigenvalue weighted by atomic mass is 10.0. The summed E-state index contributed by atoms with van der Waals surface area (Å²) < 4.78 is 0. The zero-order valence-electron chi connectivity index (χ0n) is 7.80. The molecule has 1 fully saturated rings. The monoisotopic (exact) mass is 171 g/mol. The van der Waals surface area contributed by atoms with Gasteiger partial charge < -0.3 is 4.98 Å². The van der Waals surface area contributed by atoms with Crippen molar-refractivity contribution in [3.05, 3.63) is 35.5 Å². The number of aromatic amines is 1. The largest absolute Gasteiger partial charge is 0.361 e. The van der Waals surface area contributed by atoms with Crippen molar-refractivity contribution in [3.8, 4) is 0 Å². The van der Waals surface area contributed by atoms with E-state index in [0.29, 0.717) is 0 Å². The number of nitrogens with one attached hydrogen (secondary N) is 1. The summed E-state index contributed by atoms with van der Waals surface area (Å²) in [6, 6.07) is 6.61. The third-order valence-corrected chi connectivity index (χ3v) is 2.98. The van der Waals surface area contributed by atoms with Gasteiger partial charge in [0.25, 0.3) is 0 Å². The van der Waals surface area contributed by atoms with Crippen molar-refractivity contribution in [3.63, 3.8) is 0 Å². The third kappa shape index (κ3) is 0.998. The van der Waals surface area contributed by atoms with Gasteiger partial charge in [0.05, 0.1) is 0 Å². The van der Waals surface area contributed by atoms with Gasteiger partial charge in [-0.05, 0) is 48.9 Å². The first-order valence-corrected chi connectivity index (χ1v) is 4.93. The summed E-state index contributed by atoms with van der Waals surface area (Å²) in [5, 5.41) is 1.43. The highest BCUT2D eigenvalue weighted by molar-refractivity contribution is 5.85. The van der Waals surface area contributed by atoms with Gasteiger partial charge in [-0.15, -0.1) is 0 Å². The highest BCUT2D eigenvalue weighted by Gasteiger charge is 2.26. The molecular weight excluding hydrogens is 158 g/mol. The fourth-order valence-electron chi connectivity index (χ4n) is 2.18. The van der Waals surface area contributed by atoms with Gasteiger partial charge >= 0.3 is 0 Å². The van der Waals surface area contributed by atoms with Crippen LogP contribution < -0.4 is 0 Å². The van der Waals surface area contributed by atoms with Gasteiger partial charge in [0.15, 0.2) is 0 Å². The van der Waals surface area contributed by atoms with Gasteiger partial charge in [-0.1, -0.05) is 6.07 Å². The Morgan fingerprint density at radius 1 is 1.23 bits per heavy atom. The normalized spacial score (nSPS) is 16.7. The Hall–Kier alpha value is -1.24. The van der Waals surface area contributed by atoms with E-state index >= 15 is 0 Å². The predicted molar refractivity (Wildman–Crippen MR) is 55.0 cm³/mol. The molecule has 1 aliphatic rings. The van der Waals surface area contributed by atoms with Crippen LogP contribution in [0.25, 0.3) is 10.9 Å². The first-order chi connectivity index (χ1) is 6.36. The van der Waals surface area contributed by atoms with Crippen LogP contribution in [0.5, 0.6) is 0 Å². The van der Waals surface area contributed by atoms with Crippen LogP contribution in [0.2, 0.25) is 0 Å². The van der Waals surface area contributed by atoms with Crippen molar-refractivity contribution < 1.29 is 0 Å². The molecule has 1 aromatic heterocycles. The van der Waals surface area contributed by atoms with Crippen molar-refractivity contribution in [2.45, 2.75) is 25.7 Å². The van der Waals surface area contributed by atoms with Gasteiger partial charge in [0, 0.05) is 17.1 Å². The molecule has 1 saturated carbocycles. The average molecular weight is 171 g/mol. The fraction of sp³-hybridized carbons (Fsp3) is 0.333. The number of benzene rings is 1. The van der Waals surface area contributed by atoms with Crippen LogP contribution in [0.3, 0.4) is 0 Å². The molecule has 1 aromatic carbocycles. The summed E-state index contributed by atoms with van der Waals surface area (Å²) in [5.74, 6) is 0.847. The van der Waals surface area contributed by atoms with Crippen LogP contribution in [-0.2, 0) is 0 Å². The Morgan fingerprint density at radius 2 is 2.08 bits per heavy atom. The molecule has 0 spiro atoms. The van der Waals surface area contributed by atoms with E-state index in [1.165, 1.54) is 29.3 Å². The molecule has 0 aliphatic heterocycles. The quantitative estimate of drug-likeness (QED) is 0.677. The van der Waals surface area contributed by atoms with E-state index in [2.05, 4.69) is 30.1 Å². The maximum Gasteiger partial charge on any atom is 0.0456 e. The molecule has 1 aliphatic carbocycles. The minimum absolute atomic E-state index is 0.847. The van der Waals surface area contributed by atoms with E-state index in [9.17, 15) is 0 Å². The van der Waals surface area contributed by atoms with Gasteiger partial charge in [0.1, 0.15) is 0 Å². The Morgan fingerprint density at radius 3 is 2.85 bits per heavy atom. The smallest absolute Gasteiger partial charge is 0.0456 e. The highest BCUT2D eigenvalue weighted by Crippen LogP contribution is 2.44. The molecule has 0 bridgehead atoms. The van der Waals surface area contributed by atoms with E-state index in [1.54, 1.807) is 5.56 Å². The minimum atomic E-state index is 0.847.